The fourth-order valence-corrected chi connectivity index (χ4v) is 2.46. The quantitative estimate of drug-likeness (QED) is 0.929. The van der Waals surface area contributed by atoms with E-state index >= 15 is 0 Å². The van der Waals surface area contributed by atoms with E-state index in [9.17, 15) is 8.78 Å². The maximum absolute atomic E-state index is 13.5. The Hall–Kier alpha value is -1.28. The molecule has 4 nitrogen and oxygen atoms in total. The summed E-state index contributed by atoms with van der Waals surface area (Å²) < 4.78 is 31.1. The van der Waals surface area contributed by atoms with Crippen LogP contribution in [-0.2, 0) is 0 Å². The molecular formula is C9H8F2N4S2. The third kappa shape index (κ3) is 2.89. The number of halogens is 2. The van der Waals surface area contributed by atoms with E-state index in [-0.39, 0.29) is 10.8 Å². The lowest BCUT2D eigenvalue weighted by molar-refractivity contribution is 0.551. The van der Waals surface area contributed by atoms with Crippen LogP contribution in [0.4, 0.5) is 14.6 Å². The Morgan fingerprint density at radius 3 is 2.88 bits per heavy atom. The van der Waals surface area contributed by atoms with Gasteiger partial charge in [-0.3, -0.25) is 0 Å². The third-order valence-corrected chi connectivity index (χ3v) is 3.46. The Kier molecular flexibility index (Phi) is 3.85. The predicted molar refractivity (Wildman–Crippen MR) is 62.3 cm³/mol. The highest BCUT2D eigenvalue weighted by Crippen LogP contribution is 2.30. The minimum Gasteiger partial charge on any atom is -0.368 e. The van der Waals surface area contributed by atoms with Gasteiger partial charge in [-0.1, -0.05) is 0 Å². The second-order valence-electron chi connectivity index (χ2n) is 2.95. The summed E-state index contributed by atoms with van der Waals surface area (Å²) in [5.74, 6) is -1.36. The lowest BCUT2D eigenvalue weighted by atomic mass is 10.4. The lowest BCUT2D eigenvalue weighted by Gasteiger charge is -2.06. The Morgan fingerprint density at radius 2 is 2.24 bits per heavy atom. The molecule has 0 amide bonds. The van der Waals surface area contributed by atoms with E-state index < -0.39 is 11.6 Å². The van der Waals surface area contributed by atoms with Crippen molar-refractivity contribution in [3.8, 4) is 0 Å². The number of hydrogen-bond donors (Lipinski definition) is 1. The van der Waals surface area contributed by atoms with Crippen molar-refractivity contribution in [2.24, 2.45) is 0 Å². The standard InChI is InChI=1S/C9H8F2N4S2/c1-2-12-7-5(10)3-6(11)8(15-7)16-9-13-4-14-17-9/h3-4H,2H2,1H3,(H,12,15). The first-order valence-electron chi connectivity index (χ1n) is 4.75. The molecule has 2 heterocycles. The van der Waals surface area contributed by atoms with E-state index in [0.29, 0.717) is 10.9 Å². The largest absolute Gasteiger partial charge is 0.368 e. The molecule has 0 spiro atoms. The van der Waals surface area contributed by atoms with Crippen LogP contribution in [0.3, 0.4) is 0 Å². The molecule has 0 atom stereocenters. The van der Waals surface area contributed by atoms with Gasteiger partial charge in [-0.05, 0) is 30.2 Å². The highest BCUT2D eigenvalue weighted by atomic mass is 32.2. The minimum absolute atomic E-state index is 0.0425. The maximum atomic E-state index is 13.5. The summed E-state index contributed by atoms with van der Waals surface area (Å²) >= 11 is 2.15. The van der Waals surface area contributed by atoms with Crippen molar-refractivity contribution < 1.29 is 8.78 Å². The van der Waals surface area contributed by atoms with Crippen molar-refractivity contribution in [3.63, 3.8) is 0 Å². The molecule has 0 bridgehead atoms. The van der Waals surface area contributed by atoms with E-state index in [1.54, 1.807) is 0 Å². The van der Waals surface area contributed by atoms with Crippen LogP contribution in [0.5, 0.6) is 0 Å². The number of anilines is 1. The van der Waals surface area contributed by atoms with Crippen molar-refractivity contribution in [1.29, 1.82) is 0 Å². The molecule has 0 saturated heterocycles. The zero-order chi connectivity index (χ0) is 12.3. The molecule has 0 fully saturated rings. The molecule has 0 saturated carbocycles. The first-order chi connectivity index (χ1) is 8.20. The molecule has 2 rings (SSSR count). The molecular weight excluding hydrogens is 266 g/mol. The SMILES string of the molecule is CCNc1nc(Sc2ncns2)c(F)cc1F. The van der Waals surface area contributed by atoms with Crippen LogP contribution in [0.15, 0.2) is 21.8 Å². The molecule has 0 aliphatic carbocycles. The second kappa shape index (κ2) is 5.37. The highest BCUT2D eigenvalue weighted by molar-refractivity contribution is 8.00. The van der Waals surface area contributed by atoms with Crippen LogP contribution in [0.1, 0.15) is 6.92 Å². The van der Waals surface area contributed by atoms with Crippen molar-refractivity contribution in [2.75, 3.05) is 11.9 Å². The van der Waals surface area contributed by atoms with Crippen LogP contribution in [0.2, 0.25) is 0 Å². The van der Waals surface area contributed by atoms with Gasteiger partial charge in [0.2, 0.25) is 0 Å². The predicted octanol–water partition coefficient (Wildman–Crippen LogP) is 2.79. The van der Waals surface area contributed by atoms with Crippen LogP contribution >= 0.6 is 23.3 Å². The summed E-state index contributed by atoms with van der Waals surface area (Å²) in [6, 6.07) is 0.814. The molecule has 0 unspecified atom stereocenters. The van der Waals surface area contributed by atoms with Crippen LogP contribution in [0, 0.1) is 11.6 Å². The van der Waals surface area contributed by atoms with Gasteiger partial charge in [0.25, 0.3) is 0 Å². The van der Waals surface area contributed by atoms with E-state index in [4.69, 9.17) is 0 Å². The van der Waals surface area contributed by atoms with Gasteiger partial charge in [0.1, 0.15) is 11.4 Å². The molecule has 2 aromatic heterocycles. The molecule has 17 heavy (non-hydrogen) atoms. The van der Waals surface area contributed by atoms with Crippen LogP contribution in [-0.4, -0.2) is 20.9 Å². The van der Waals surface area contributed by atoms with E-state index in [1.165, 1.54) is 6.33 Å². The minimum atomic E-state index is -0.704. The topological polar surface area (TPSA) is 50.7 Å². The molecule has 2 aromatic rings. The third-order valence-electron chi connectivity index (χ3n) is 1.77. The van der Waals surface area contributed by atoms with Crippen LogP contribution in [0.25, 0.3) is 0 Å². The average Bonchev–Trinajstić information content (AvgIpc) is 2.78. The van der Waals surface area contributed by atoms with Crippen molar-refractivity contribution in [2.45, 2.75) is 16.3 Å². The molecule has 0 aliphatic rings. The van der Waals surface area contributed by atoms with Gasteiger partial charge < -0.3 is 5.32 Å². The second-order valence-corrected chi connectivity index (χ2v) is 4.96. The Bertz CT molecular complexity index is 504. The summed E-state index contributed by atoms with van der Waals surface area (Å²) in [4.78, 5) is 7.78. The van der Waals surface area contributed by atoms with E-state index in [1.807, 2.05) is 6.92 Å². The normalized spacial score (nSPS) is 10.5. The number of rotatable bonds is 4. The molecule has 90 valence electrons. The number of pyridine rings is 1. The van der Waals surface area contributed by atoms with Crippen molar-refractivity contribution in [1.82, 2.24) is 14.3 Å². The smallest absolute Gasteiger partial charge is 0.176 e. The summed E-state index contributed by atoms with van der Waals surface area (Å²) in [5.41, 5.74) is 0. The maximum Gasteiger partial charge on any atom is 0.176 e. The zero-order valence-electron chi connectivity index (χ0n) is 8.78. The number of nitrogens with one attached hydrogen (secondary N) is 1. The molecule has 0 radical (unpaired) electrons. The Morgan fingerprint density at radius 1 is 1.41 bits per heavy atom. The van der Waals surface area contributed by atoms with Gasteiger partial charge >= 0.3 is 0 Å². The van der Waals surface area contributed by atoms with Gasteiger partial charge in [-0.2, -0.15) is 4.37 Å². The fourth-order valence-electron chi connectivity index (χ4n) is 1.10. The highest BCUT2D eigenvalue weighted by Gasteiger charge is 2.13. The lowest BCUT2D eigenvalue weighted by Crippen LogP contribution is -2.04. The zero-order valence-corrected chi connectivity index (χ0v) is 10.4. The van der Waals surface area contributed by atoms with Gasteiger partial charge in [0, 0.05) is 12.6 Å². The summed E-state index contributed by atoms with van der Waals surface area (Å²) in [7, 11) is 0. The van der Waals surface area contributed by atoms with Gasteiger partial charge in [0.15, 0.2) is 21.8 Å². The van der Waals surface area contributed by atoms with E-state index in [2.05, 4.69) is 19.7 Å². The average molecular weight is 274 g/mol. The number of hydrogen-bond acceptors (Lipinski definition) is 6. The van der Waals surface area contributed by atoms with Gasteiger partial charge in [0.05, 0.1) is 0 Å². The van der Waals surface area contributed by atoms with Crippen molar-refractivity contribution in [3.05, 3.63) is 24.0 Å². The number of aromatic nitrogens is 3. The Labute approximate surface area is 105 Å². The molecule has 0 aromatic carbocycles. The first-order valence-corrected chi connectivity index (χ1v) is 6.34. The van der Waals surface area contributed by atoms with Crippen molar-refractivity contribution >= 4 is 29.1 Å². The monoisotopic (exact) mass is 274 g/mol. The Balaban J connectivity index is 2.29. The molecule has 8 heteroatoms. The summed E-state index contributed by atoms with van der Waals surface area (Å²) in [6.45, 7) is 2.32. The molecule has 1 N–H and O–H groups in total. The van der Waals surface area contributed by atoms with Crippen LogP contribution < -0.4 is 5.32 Å². The fraction of sp³-hybridized carbons (Fsp3) is 0.222. The molecule has 0 aliphatic heterocycles. The van der Waals surface area contributed by atoms with E-state index in [0.717, 1.165) is 29.4 Å². The van der Waals surface area contributed by atoms with Gasteiger partial charge in [-0.15, -0.1) is 0 Å². The summed E-state index contributed by atoms with van der Waals surface area (Å²) in [6.07, 6.45) is 1.37. The first kappa shape index (κ1) is 12.2. The van der Waals surface area contributed by atoms with Gasteiger partial charge in [-0.25, -0.2) is 18.7 Å². The number of nitrogens with zero attached hydrogens (tertiary/aromatic N) is 3. The summed E-state index contributed by atoms with van der Waals surface area (Å²) in [5, 5.41) is 2.81.